The molecule has 1 amide bonds. The first-order valence-electron chi connectivity index (χ1n) is 7.27. The first-order valence-corrected chi connectivity index (χ1v) is 7.27. The van der Waals surface area contributed by atoms with Crippen LogP contribution in [-0.4, -0.2) is 22.3 Å². The Labute approximate surface area is 134 Å². The highest BCUT2D eigenvalue weighted by Gasteiger charge is 2.05. The Hall–Kier alpha value is -3.21. The summed E-state index contributed by atoms with van der Waals surface area (Å²) in [4.78, 5) is 11.8. The molecule has 0 spiro atoms. The molecule has 23 heavy (non-hydrogen) atoms. The van der Waals surface area contributed by atoms with E-state index in [2.05, 4.69) is 20.7 Å². The molecule has 0 saturated carbocycles. The summed E-state index contributed by atoms with van der Waals surface area (Å²) in [5.41, 5.74) is 6.19. The minimum atomic E-state index is -0.155. The van der Waals surface area contributed by atoms with Crippen LogP contribution in [0, 0.1) is 0 Å². The van der Waals surface area contributed by atoms with E-state index in [1.165, 1.54) is 0 Å². The third-order valence-corrected chi connectivity index (χ3v) is 3.33. The van der Waals surface area contributed by atoms with Gasteiger partial charge in [0.05, 0.1) is 24.5 Å². The second-order valence-electron chi connectivity index (χ2n) is 5.02. The van der Waals surface area contributed by atoms with E-state index in [-0.39, 0.29) is 5.91 Å². The minimum absolute atomic E-state index is 0.155. The Balaban J connectivity index is 1.63. The summed E-state index contributed by atoms with van der Waals surface area (Å²) in [7, 11) is 0. The molecule has 1 aromatic heterocycles. The Kier molecular flexibility index (Phi) is 4.59. The number of H-pyrrole nitrogens is 1. The van der Waals surface area contributed by atoms with Gasteiger partial charge in [-0.1, -0.05) is 60.7 Å². The van der Waals surface area contributed by atoms with E-state index >= 15 is 0 Å². The summed E-state index contributed by atoms with van der Waals surface area (Å²) in [6, 6.07) is 19.4. The highest BCUT2D eigenvalue weighted by molar-refractivity contribution is 5.89. The van der Waals surface area contributed by atoms with Crippen molar-refractivity contribution in [2.75, 3.05) is 0 Å². The first kappa shape index (κ1) is 14.7. The lowest BCUT2D eigenvalue weighted by atomic mass is 10.1. The number of amides is 1. The molecule has 0 atom stereocenters. The SMILES string of the molecule is O=C(Cc1ccccc1)N/N=C\c1cn[nH]c1-c1ccccc1. The number of hydrogen-bond donors (Lipinski definition) is 2. The third-order valence-electron chi connectivity index (χ3n) is 3.33. The monoisotopic (exact) mass is 304 g/mol. The van der Waals surface area contributed by atoms with Crippen molar-refractivity contribution in [2.45, 2.75) is 6.42 Å². The van der Waals surface area contributed by atoms with E-state index in [4.69, 9.17) is 0 Å². The Bertz CT molecular complexity index is 794. The smallest absolute Gasteiger partial charge is 0.244 e. The van der Waals surface area contributed by atoms with E-state index in [0.717, 1.165) is 22.4 Å². The summed E-state index contributed by atoms with van der Waals surface area (Å²) in [6.07, 6.45) is 3.57. The van der Waals surface area contributed by atoms with Gasteiger partial charge in [0.1, 0.15) is 0 Å². The predicted octanol–water partition coefficient (Wildman–Crippen LogP) is 2.77. The van der Waals surface area contributed by atoms with Crippen molar-refractivity contribution in [2.24, 2.45) is 5.10 Å². The zero-order chi connectivity index (χ0) is 15.9. The summed E-state index contributed by atoms with van der Waals surface area (Å²) in [6.45, 7) is 0. The highest BCUT2D eigenvalue weighted by atomic mass is 16.2. The van der Waals surface area contributed by atoms with E-state index in [1.807, 2.05) is 60.7 Å². The molecule has 114 valence electrons. The Morgan fingerprint density at radius 2 is 1.78 bits per heavy atom. The van der Waals surface area contributed by atoms with E-state index in [0.29, 0.717) is 6.42 Å². The first-order chi connectivity index (χ1) is 11.3. The van der Waals surface area contributed by atoms with Crippen molar-refractivity contribution in [1.29, 1.82) is 0 Å². The van der Waals surface area contributed by atoms with Crippen molar-refractivity contribution >= 4 is 12.1 Å². The van der Waals surface area contributed by atoms with Gasteiger partial charge >= 0.3 is 0 Å². The summed E-state index contributed by atoms with van der Waals surface area (Å²) in [5.74, 6) is -0.155. The number of hydrazone groups is 1. The second kappa shape index (κ2) is 7.17. The van der Waals surface area contributed by atoms with E-state index < -0.39 is 0 Å². The van der Waals surface area contributed by atoms with Crippen LogP contribution < -0.4 is 5.43 Å². The largest absolute Gasteiger partial charge is 0.277 e. The summed E-state index contributed by atoms with van der Waals surface area (Å²) in [5, 5.41) is 11.0. The number of aromatic nitrogens is 2. The van der Waals surface area contributed by atoms with Crippen LogP contribution in [0.1, 0.15) is 11.1 Å². The molecule has 2 N–H and O–H groups in total. The zero-order valence-electron chi connectivity index (χ0n) is 12.4. The van der Waals surface area contributed by atoms with Gasteiger partial charge in [-0.15, -0.1) is 0 Å². The molecule has 5 nitrogen and oxygen atoms in total. The third kappa shape index (κ3) is 3.91. The van der Waals surface area contributed by atoms with Crippen LogP contribution in [0.4, 0.5) is 0 Å². The van der Waals surface area contributed by atoms with Crippen LogP contribution in [0.5, 0.6) is 0 Å². The van der Waals surface area contributed by atoms with Gasteiger partial charge in [0, 0.05) is 11.1 Å². The van der Waals surface area contributed by atoms with Crippen LogP contribution in [0.2, 0.25) is 0 Å². The fourth-order valence-corrected chi connectivity index (χ4v) is 2.22. The van der Waals surface area contributed by atoms with Crippen LogP contribution >= 0.6 is 0 Å². The quantitative estimate of drug-likeness (QED) is 0.562. The average molecular weight is 304 g/mol. The lowest BCUT2D eigenvalue weighted by Crippen LogP contribution is -2.19. The molecule has 3 aromatic rings. The van der Waals surface area contributed by atoms with Gasteiger partial charge in [-0.2, -0.15) is 10.2 Å². The Morgan fingerprint density at radius 1 is 1.09 bits per heavy atom. The maximum atomic E-state index is 11.8. The number of nitrogens with zero attached hydrogens (tertiary/aromatic N) is 2. The van der Waals surface area contributed by atoms with E-state index in [1.54, 1.807) is 12.4 Å². The van der Waals surface area contributed by atoms with Gasteiger partial charge < -0.3 is 0 Å². The van der Waals surface area contributed by atoms with Gasteiger partial charge in [0.2, 0.25) is 5.91 Å². The molecule has 1 heterocycles. The van der Waals surface area contributed by atoms with Gasteiger partial charge in [0.15, 0.2) is 0 Å². The van der Waals surface area contributed by atoms with Crippen LogP contribution in [-0.2, 0) is 11.2 Å². The molecule has 2 aromatic carbocycles. The molecule has 0 fully saturated rings. The van der Waals surface area contributed by atoms with Crippen molar-refractivity contribution in [3.05, 3.63) is 78.0 Å². The number of aromatic amines is 1. The molecule has 0 aliphatic carbocycles. The van der Waals surface area contributed by atoms with Gasteiger partial charge in [-0.05, 0) is 5.56 Å². The van der Waals surface area contributed by atoms with Crippen molar-refractivity contribution < 1.29 is 4.79 Å². The number of carbonyl (C=O) groups is 1. The molecule has 0 bridgehead atoms. The minimum Gasteiger partial charge on any atom is -0.277 e. The van der Waals surface area contributed by atoms with Gasteiger partial charge in [0.25, 0.3) is 0 Å². The molecule has 0 unspecified atom stereocenters. The molecule has 0 aliphatic rings. The lowest BCUT2D eigenvalue weighted by Gasteiger charge is -2.01. The van der Waals surface area contributed by atoms with E-state index in [9.17, 15) is 4.79 Å². The van der Waals surface area contributed by atoms with Crippen LogP contribution in [0.3, 0.4) is 0 Å². The highest BCUT2D eigenvalue weighted by Crippen LogP contribution is 2.18. The number of benzene rings is 2. The normalized spacial score (nSPS) is 10.8. The number of hydrogen-bond acceptors (Lipinski definition) is 3. The topological polar surface area (TPSA) is 70.1 Å². The molecule has 0 aliphatic heterocycles. The van der Waals surface area contributed by atoms with Crippen molar-refractivity contribution in [3.8, 4) is 11.3 Å². The number of nitrogens with one attached hydrogen (secondary N) is 2. The fourth-order valence-electron chi connectivity index (χ4n) is 2.22. The predicted molar refractivity (Wildman–Crippen MR) is 89.9 cm³/mol. The molecule has 5 heteroatoms. The lowest BCUT2D eigenvalue weighted by molar-refractivity contribution is -0.120. The molecule has 3 rings (SSSR count). The van der Waals surface area contributed by atoms with Crippen LogP contribution in [0.25, 0.3) is 11.3 Å². The van der Waals surface area contributed by atoms with Crippen molar-refractivity contribution in [1.82, 2.24) is 15.6 Å². The average Bonchev–Trinajstić information content (AvgIpc) is 3.05. The molecule has 0 saturated heterocycles. The number of rotatable bonds is 5. The Morgan fingerprint density at radius 3 is 2.52 bits per heavy atom. The van der Waals surface area contributed by atoms with Gasteiger partial charge in [-0.25, -0.2) is 5.43 Å². The maximum absolute atomic E-state index is 11.8. The zero-order valence-corrected chi connectivity index (χ0v) is 12.4. The fraction of sp³-hybridized carbons (Fsp3) is 0.0556. The summed E-state index contributed by atoms with van der Waals surface area (Å²) < 4.78 is 0. The van der Waals surface area contributed by atoms with Crippen molar-refractivity contribution in [3.63, 3.8) is 0 Å². The standard InChI is InChI=1S/C18H16N4O/c23-17(11-14-7-3-1-4-8-14)21-19-12-16-13-20-22-18(16)15-9-5-2-6-10-15/h1-10,12-13H,11H2,(H,20,22)(H,21,23)/b19-12-. The van der Waals surface area contributed by atoms with Crippen LogP contribution in [0.15, 0.2) is 72.0 Å². The molecule has 0 radical (unpaired) electrons. The maximum Gasteiger partial charge on any atom is 0.244 e. The molecular formula is C18H16N4O. The number of carbonyl (C=O) groups excluding carboxylic acids is 1. The van der Waals surface area contributed by atoms with Gasteiger partial charge in [-0.3, -0.25) is 9.89 Å². The molecular weight excluding hydrogens is 288 g/mol. The second-order valence-corrected chi connectivity index (χ2v) is 5.02. The summed E-state index contributed by atoms with van der Waals surface area (Å²) >= 11 is 0.